The van der Waals surface area contributed by atoms with Crippen LogP contribution in [0.25, 0.3) is 0 Å². The molecule has 1 aliphatic heterocycles. The highest BCUT2D eigenvalue weighted by atomic mass is 16.5. The number of hydrogen-bond acceptors (Lipinski definition) is 2. The lowest BCUT2D eigenvalue weighted by molar-refractivity contribution is 0.0853. The smallest absolute Gasteiger partial charge is 0.0471 e. The van der Waals surface area contributed by atoms with Crippen molar-refractivity contribution in [3.05, 3.63) is 29.8 Å². The molecule has 70 valence electrons. The highest BCUT2D eigenvalue weighted by Crippen LogP contribution is 2.27. The van der Waals surface area contributed by atoms with Crippen LogP contribution in [0.4, 0.5) is 5.69 Å². The molecule has 2 nitrogen and oxygen atoms in total. The third-order valence-corrected chi connectivity index (χ3v) is 2.60. The summed E-state index contributed by atoms with van der Waals surface area (Å²) in [5, 5.41) is 0. The monoisotopic (exact) mass is 177 g/mol. The van der Waals surface area contributed by atoms with Crippen LogP contribution in [0.3, 0.4) is 0 Å². The van der Waals surface area contributed by atoms with Crippen molar-refractivity contribution in [2.75, 3.05) is 18.9 Å². The van der Waals surface area contributed by atoms with Gasteiger partial charge in [0.05, 0.1) is 0 Å². The first-order valence-corrected chi connectivity index (χ1v) is 4.79. The summed E-state index contributed by atoms with van der Waals surface area (Å²) in [7, 11) is 0. The second-order valence-electron chi connectivity index (χ2n) is 3.56. The fraction of sp³-hybridized carbons (Fsp3) is 0.455. The van der Waals surface area contributed by atoms with Gasteiger partial charge in [-0.05, 0) is 36.5 Å². The van der Waals surface area contributed by atoms with E-state index in [2.05, 4.69) is 12.1 Å². The quantitative estimate of drug-likeness (QED) is 0.667. The zero-order valence-electron chi connectivity index (χ0n) is 7.70. The number of rotatable bonds is 1. The van der Waals surface area contributed by atoms with Gasteiger partial charge < -0.3 is 10.5 Å². The fourth-order valence-corrected chi connectivity index (χ4v) is 1.84. The van der Waals surface area contributed by atoms with Crippen molar-refractivity contribution < 1.29 is 4.74 Å². The number of anilines is 1. The molecule has 2 N–H and O–H groups in total. The molecule has 0 unspecified atom stereocenters. The Kier molecular flexibility index (Phi) is 2.50. The summed E-state index contributed by atoms with van der Waals surface area (Å²) < 4.78 is 5.32. The molecule has 2 heteroatoms. The van der Waals surface area contributed by atoms with Gasteiger partial charge in [-0.3, -0.25) is 0 Å². The average Bonchev–Trinajstić information content (AvgIpc) is 2.19. The molecule has 0 bridgehead atoms. The van der Waals surface area contributed by atoms with Crippen LogP contribution in [0.2, 0.25) is 0 Å². The molecule has 13 heavy (non-hydrogen) atoms. The predicted octanol–water partition coefficient (Wildman–Crippen LogP) is 2.16. The zero-order chi connectivity index (χ0) is 9.10. The molecule has 1 aliphatic rings. The topological polar surface area (TPSA) is 35.2 Å². The van der Waals surface area contributed by atoms with Crippen molar-refractivity contribution in [1.29, 1.82) is 0 Å². The highest BCUT2D eigenvalue weighted by Gasteiger charge is 2.15. The van der Waals surface area contributed by atoms with E-state index in [-0.39, 0.29) is 0 Å². The van der Waals surface area contributed by atoms with Gasteiger partial charge in [0.15, 0.2) is 0 Å². The minimum Gasteiger partial charge on any atom is -0.399 e. The molecule has 1 saturated heterocycles. The Morgan fingerprint density at radius 1 is 1.23 bits per heavy atom. The van der Waals surface area contributed by atoms with E-state index in [1.807, 2.05) is 12.1 Å². The SMILES string of the molecule is Nc1cccc(C2CCOCC2)c1. The first kappa shape index (κ1) is 8.57. The molecule has 1 aromatic rings. The predicted molar refractivity (Wildman–Crippen MR) is 53.6 cm³/mol. The lowest BCUT2D eigenvalue weighted by atomic mass is 9.91. The fourth-order valence-electron chi connectivity index (χ4n) is 1.84. The molecular weight excluding hydrogens is 162 g/mol. The van der Waals surface area contributed by atoms with Crippen molar-refractivity contribution in [2.24, 2.45) is 0 Å². The Hall–Kier alpha value is -1.02. The standard InChI is InChI=1S/C11H15NO/c12-11-3-1-2-10(8-11)9-4-6-13-7-5-9/h1-3,8-9H,4-7,12H2. The number of benzene rings is 1. The van der Waals surface area contributed by atoms with Crippen LogP contribution in [0.1, 0.15) is 24.3 Å². The normalized spacial score (nSPS) is 18.8. The second-order valence-corrected chi connectivity index (χ2v) is 3.56. The van der Waals surface area contributed by atoms with Crippen LogP contribution in [0.15, 0.2) is 24.3 Å². The van der Waals surface area contributed by atoms with Gasteiger partial charge in [-0.1, -0.05) is 12.1 Å². The van der Waals surface area contributed by atoms with E-state index in [1.54, 1.807) is 0 Å². The molecular formula is C11H15NO. The van der Waals surface area contributed by atoms with Gasteiger partial charge in [-0.25, -0.2) is 0 Å². The molecule has 1 aromatic carbocycles. The number of nitrogen functional groups attached to an aromatic ring is 1. The van der Waals surface area contributed by atoms with Gasteiger partial charge in [-0.2, -0.15) is 0 Å². The van der Waals surface area contributed by atoms with E-state index in [1.165, 1.54) is 5.56 Å². The summed E-state index contributed by atoms with van der Waals surface area (Å²) in [5.74, 6) is 0.650. The average molecular weight is 177 g/mol. The summed E-state index contributed by atoms with van der Waals surface area (Å²) in [6, 6.07) is 8.20. The lowest BCUT2D eigenvalue weighted by Crippen LogP contribution is -2.14. The summed E-state index contributed by atoms with van der Waals surface area (Å²) >= 11 is 0. The Labute approximate surface area is 78.7 Å². The molecule has 0 radical (unpaired) electrons. The van der Waals surface area contributed by atoms with Crippen molar-refractivity contribution in [3.63, 3.8) is 0 Å². The van der Waals surface area contributed by atoms with E-state index >= 15 is 0 Å². The van der Waals surface area contributed by atoms with Crippen LogP contribution >= 0.6 is 0 Å². The number of nitrogens with two attached hydrogens (primary N) is 1. The number of hydrogen-bond donors (Lipinski definition) is 1. The summed E-state index contributed by atoms with van der Waals surface area (Å²) in [6.45, 7) is 1.78. The van der Waals surface area contributed by atoms with Crippen LogP contribution in [-0.4, -0.2) is 13.2 Å². The van der Waals surface area contributed by atoms with Crippen molar-refractivity contribution in [3.8, 4) is 0 Å². The molecule has 0 saturated carbocycles. The highest BCUT2D eigenvalue weighted by molar-refractivity contribution is 5.41. The van der Waals surface area contributed by atoms with E-state index in [0.29, 0.717) is 5.92 Å². The first-order chi connectivity index (χ1) is 6.36. The lowest BCUT2D eigenvalue weighted by Gasteiger charge is -2.22. The van der Waals surface area contributed by atoms with Gasteiger partial charge in [0, 0.05) is 18.9 Å². The molecule has 0 aromatic heterocycles. The van der Waals surface area contributed by atoms with Crippen LogP contribution in [0.5, 0.6) is 0 Å². The molecule has 1 heterocycles. The third kappa shape index (κ3) is 2.01. The van der Waals surface area contributed by atoms with Crippen LogP contribution < -0.4 is 5.73 Å². The van der Waals surface area contributed by atoms with Gasteiger partial charge in [0.2, 0.25) is 0 Å². The van der Waals surface area contributed by atoms with Crippen molar-refractivity contribution >= 4 is 5.69 Å². The third-order valence-electron chi connectivity index (χ3n) is 2.60. The summed E-state index contributed by atoms with van der Waals surface area (Å²) in [5.41, 5.74) is 7.96. The summed E-state index contributed by atoms with van der Waals surface area (Å²) in [4.78, 5) is 0. The molecule has 1 fully saturated rings. The van der Waals surface area contributed by atoms with Crippen LogP contribution in [-0.2, 0) is 4.74 Å². The Morgan fingerprint density at radius 3 is 2.69 bits per heavy atom. The number of ether oxygens (including phenoxy) is 1. The molecule has 0 amide bonds. The van der Waals surface area contributed by atoms with Gasteiger partial charge in [0.1, 0.15) is 0 Å². The molecule has 2 rings (SSSR count). The largest absolute Gasteiger partial charge is 0.399 e. The molecule has 0 atom stereocenters. The van der Waals surface area contributed by atoms with E-state index in [0.717, 1.165) is 31.7 Å². The minimum atomic E-state index is 0.650. The maximum atomic E-state index is 5.73. The van der Waals surface area contributed by atoms with Crippen molar-refractivity contribution in [1.82, 2.24) is 0 Å². The van der Waals surface area contributed by atoms with Crippen LogP contribution in [0, 0.1) is 0 Å². The maximum Gasteiger partial charge on any atom is 0.0471 e. The Balaban J connectivity index is 2.14. The van der Waals surface area contributed by atoms with Gasteiger partial charge >= 0.3 is 0 Å². The van der Waals surface area contributed by atoms with E-state index in [4.69, 9.17) is 10.5 Å². The van der Waals surface area contributed by atoms with E-state index in [9.17, 15) is 0 Å². The minimum absolute atomic E-state index is 0.650. The summed E-state index contributed by atoms with van der Waals surface area (Å²) in [6.07, 6.45) is 2.26. The van der Waals surface area contributed by atoms with Gasteiger partial charge in [0.25, 0.3) is 0 Å². The second kappa shape index (κ2) is 3.79. The van der Waals surface area contributed by atoms with E-state index < -0.39 is 0 Å². The Bertz CT molecular complexity index is 279. The molecule has 0 spiro atoms. The maximum absolute atomic E-state index is 5.73. The van der Waals surface area contributed by atoms with Crippen molar-refractivity contribution in [2.45, 2.75) is 18.8 Å². The Morgan fingerprint density at radius 2 is 2.00 bits per heavy atom. The zero-order valence-corrected chi connectivity index (χ0v) is 7.70. The first-order valence-electron chi connectivity index (χ1n) is 4.79. The van der Waals surface area contributed by atoms with Gasteiger partial charge in [-0.15, -0.1) is 0 Å². The molecule has 0 aliphatic carbocycles.